The van der Waals surface area contributed by atoms with Crippen LogP contribution in [0.25, 0.3) is 0 Å². The first-order valence-electron chi connectivity index (χ1n) is 10.4. The van der Waals surface area contributed by atoms with Crippen LogP contribution in [-0.4, -0.2) is 49.6 Å². The third-order valence-electron chi connectivity index (χ3n) is 6.44. The Morgan fingerprint density at radius 3 is 2.79 bits per heavy atom. The van der Waals surface area contributed by atoms with Gasteiger partial charge in [0.25, 0.3) is 0 Å². The summed E-state index contributed by atoms with van der Waals surface area (Å²) in [5.74, 6) is 2.77. The molecule has 24 heavy (non-hydrogen) atoms. The molecule has 3 aliphatic rings. The second kappa shape index (κ2) is 9.19. The lowest BCUT2D eigenvalue weighted by atomic mass is 9.80. The maximum atomic E-state index is 12.1. The summed E-state index contributed by atoms with van der Waals surface area (Å²) >= 11 is 0. The molecule has 0 aromatic carbocycles. The summed E-state index contributed by atoms with van der Waals surface area (Å²) in [4.78, 5) is 14.8. The van der Waals surface area contributed by atoms with Crippen molar-refractivity contribution in [1.29, 1.82) is 0 Å². The van der Waals surface area contributed by atoms with Gasteiger partial charge in [0.15, 0.2) is 0 Å². The van der Waals surface area contributed by atoms with Crippen molar-refractivity contribution in [2.75, 3.05) is 32.7 Å². The van der Waals surface area contributed by atoms with Crippen molar-refractivity contribution in [3.63, 3.8) is 0 Å². The molecule has 0 aromatic heterocycles. The minimum absolute atomic E-state index is 0.0676. The molecule has 2 aliphatic heterocycles. The van der Waals surface area contributed by atoms with Crippen LogP contribution in [0.5, 0.6) is 0 Å². The number of hydrogen-bond acceptors (Lipinski definition) is 3. The average molecular weight is 336 g/mol. The molecule has 2 heterocycles. The van der Waals surface area contributed by atoms with Crippen LogP contribution in [0.4, 0.5) is 0 Å². The molecule has 3 fully saturated rings. The first-order chi connectivity index (χ1) is 11.7. The fourth-order valence-corrected chi connectivity index (χ4v) is 4.98. The van der Waals surface area contributed by atoms with Gasteiger partial charge < -0.3 is 15.5 Å². The molecule has 138 valence electrons. The molecule has 1 aliphatic carbocycles. The largest absolute Gasteiger partial charge is 0.354 e. The molecule has 0 radical (unpaired) electrons. The molecular weight excluding hydrogens is 298 g/mol. The Morgan fingerprint density at radius 1 is 1.12 bits per heavy atom. The van der Waals surface area contributed by atoms with Crippen molar-refractivity contribution >= 4 is 5.91 Å². The van der Waals surface area contributed by atoms with Gasteiger partial charge in [-0.25, -0.2) is 0 Å². The fraction of sp³-hybridized carbons (Fsp3) is 0.950. The van der Waals surface area contributed by atoms with Crippen molar-refractivity contribution in [2.24, 2.45) is 17.8 Å². The van der Waals surface area contributed by atoms with Crippen molar-refractivity contribution < 1.29 is 4.79 Å². The maximum Gasteiger partial charge on any atom is 0.237 e. The van der Waals surface area contributed by atoms with Gasteiger partial charge >= 0.3 is 0 Å². The van der Waals surface area contributed by atoms with E-state index in [0.29, 0.717) is 5.92 Å². The van der Waals surface area contributed by atoms with Crippen LogP contribution < -0.4 is 10.6 Å². The first-order valence-corrected chi connectivity index (χ1v) is 10.4. The number of likely N-dealkylation sites (tertiary alicyclic amines) is 1. The van der Waals surface area contributed by atoms with E-state index in [-0.39, 0.29) is 11.9 Å². The number of nitrogens with zero attached hydrogens (tertiary/aromatic N) is 1. The predicted octanol–water partition coefficient (Wildman–Crippen LogP) is 2.78. The lowest BCUT2D eigenvalue weighted by Crippen LogP contribution is -2.45. The molecule has 0 bridgehead atoms. The van der Waals surface area contributed by atoms with Gasteiger partial charge in [0.05, 0.1) is 6.04 Å². The Balaban J connectivity index is 1.34. The van der Waals surface area contributed by atoms with Gasteiger partial charge in [0, 0.05) is 13.1 Å². The minimum atomic E-state index is 0.0676. The van der Waals surface area contributed by atoms with Gasteiger partial charge in [0.1, 0.15) is 0 Å². The van der Waals surface area contributed by atoms with Crippen LogP contribution in [-0.2, 0) is 4.79 Å². The van der Waals surface area contributed by atoms with E-state index in [4.69, 9.17) is 0 Å². The third kappa shape index (κ3) is 5.45. The zero-order valence-electron chi connectivity index (χ0n) is 15.6. The fourth-order valence-electron chi connectivity index (χ4n) is 4.98. The van der Waals surface area contributed by atoms with E-state index in [1.807, 2.05) is 0 Å². The van der Waals surface area contributed by atoms with Crippen LogP contribution in [0, 0.1) is 17.8 Å². The van der Waals surface area contributed by atoms with E-state index in [1.54, 1.807) is 0 Å². The molecule has 1 saturated carbocycles. The molecular formula is C20H37N3O. The molecule has 4 heteroatoms. The summed E-state index contributed by atoms with van der Waals surface area (Å²) in [6, 6.07) is 0.0676. The van der Waals surface area contributed by atoms with Gasteiger partial charge in [0.2, 0.25) is 5.91 Å². The molecule has 1 amide bonds. The monoisotopic (exact) mass is 335 g/mol. The van der Waals surface area contributed by atoms with E-state index in [9.17, 15) is 4.79 Å². The Labute approximate surface area is 148 Å². The van der Waals surface area contributed by atoms with E-state index >= 15 is 0 Å². The van der Waals surface area contributed by atoms with Gasteiger partial charge in [-0.05, 0) is 75.9 Å². The SMILES string of the molecule is CC1CCCC(CCN2CCCC(CNC(=O)C3CCCN3)C2)C1. The second-order valence-corrected chi connectivity index (χ2v) is 8.63. The standard InChI is InChI=1S/C20H37N3O/c1-16-5-2-6-17(13-16)9-12-23-11-4-7-18(15-23)14-22-20(24)19-8-3-10-21-19/h16-19,21H,2-15H2,1H3,(H,22,24). The molecule has 4 nitrogen and oxygen atoms in total. The van der Waals surface area contributed by atoms with Crippen LogP contribution in [0.2, 0.25) is 0 Å². The Kier molecular flexibility index (Phi) is 6.96. The van der Waals surface area contributed by atoms with Crippen LogP contribution in [0.1, 0.15) is 64.7 Å². The van der Waals surface area contributed by atoms with Crippen LogP contribution in [0.15, 0.2) is 0 Å². The summed E-state index contributed by atoms with van der Waals surface area (Å²) < 4.78 is 0. The van der Waals surface area contributed by atoms with Gasteiger partial charge in [-0.1, -0.05) is 26.2 Å². The molecule has 4 unspecified atom stereocenters. The number of carbonyl (C=O) groups is 1. The van der Waals surface area contributed by atoms with Crippen molar-refractivity contribution in [3.8, 4) is 0 Å². The number of piperidine rings is 1. The molecule has 0 aromatic rings. The van der Waals surface area contributed by atoms with Crippen molar-refractivity contribution in [3.05, 3.63) is 0 Å². The molecule has 0 spiro atoms. The van der Waals surface area contributed by atoms with Gasteiger partial charge in [-0.2, -0.15) is 0 Å². The van der Waals surface area contributed by atoms with E-state index in [1.165, 1.54) is 64.6 Å². The Hall–Kier alpha value is -0.610. The van der Waals surface area contributed by atoms with Gasteiger partial charge in [-0.15, -0.1) is 0 Å². The normalized spacial score (nSPS) is 35.0. The quantitative estimate of drug-likeness (QED) is 0.784. The van der Waals surface area contributed by atoms with E-state index < -0.39 is 0 Å². The summed E-state index contributed by atoms with van der Waals surface area (Å²) in [6.07, 6.45) is 11.9. The topological polar surface area (TPSA) is 44.4 Å². The highest BCUT2D eigenvalue weighted by Gasteiger charge is 2.25. The first kappa shape index (κ1) is 18.2. The zero-order chi connectivity index (χ0) is 16.8. The molecule has 2 saturated heterocycles. The van der Waals surface area contributed by atoms with E-state index in [0.717, 1.165) is 37.8 Å². The van der Waals surface area contributed by atoms with Crippen molar-refractivity contribution in [1.82, 2.24) is 15.5 Å². The van der Waals surface area contributed by atoms with Crippen molar-refractivity contribution in [2.45, 2.75) is 70.8 Å². The van der Waals surface area contributed by atoms with Crippen LogP contribution >= 0.6 is 0 Å². The lowest BCUT2D eigenvalue weighted by Gasteiger charge is -2.35. The van der Waals surface area contributed by atoms with Gasteiger partial charge in [-0.3, -0.25) is 4.79 Å². The number of nitrogens with one attached hydrogen (secondary N) is 2. The number of hydrogen-bond donors (Lipinski definition) is 2. The lowest BCUT2D eigenvalue weighted by molar-refractivity contribution is -0.123. The molecule has 2 N–H and O–H groups in total. The smallest absolute Gasteiger partial charge is 0.237 e. The summed E-state index contributed by atoms with van der Waals surface area (Å²) in [7, 11) is 0. The summed E-state index contributed by atoms with van der Waals surface area (Å²) in [5, 5.41) is 6.49. The highest BCUT2D eigenvalue weighted by molar-refractivity contribution is 5.81. The Morgan fingerprint density at radius 2 is 2.00 bits per heavy atom. The van der Waals surface area contributed by atoms with E-state index in [2.05, 4.69) is 22.5 Å². The van der Waals surface area contributed by atoms with Crippen LogP contribution in [0.3, 0.4) is 0 Å². The summed E-state index contributed by atoms with van der Waals surface area (Å²) in [5.41, 5.74) is 0. The predicted molar refractivity (Wildman–Crippen MR) is 98.9 cm³/mol. The number of amides is 1. The number of rotatable bonds is 6. The number of carbonyl (C=O) groups excluding carboxylic acids is 1. The highest BCUT2D eigenvalue weighted by atomic mass is 16.2. The second-order valence-electron chi connectivity index (χ2n) is 8.63. The third-order valence-corrected chi connectivity index (χ3v) is 6.44. The average Bonchev–Trinajstić information content (AvgIpc) is 3.13. The zero-order valence-corrected chi connectivity index (χ0v) is 15.6. The minimum Gasteiger partial charge on any atom is -0.354 e. The maximum absolute atomic E-state index is 12.1. The summed E-state index contributed by atoms with van der Waals surface area (Å²) in [6.45, 7) is 8.00. The highest BCUT2D eigenvalue weighted by Crippen LogP contribution is 2.31. The molecule has 3 rings (SSSR count). The Bertz CT molecular complexity index is 394. The molecule has 4 atom stereocenters.